The maximum Gasteiger partial charge on any atom is 0.325 e. The highest BCUT2D eigenvalue weighted by Crippen LogP contribution is 2.15. The van der Waals surface area contributed by atoms with E-state index in [4.69, 9.17) is 5.11 Å². The molecule has 19 heavy (non-hydrogen) atoms. The van der Waals surface area contributed by atoms with Gasteiger partial charge in [0, 0.05) is 19.8 Å². The molecule has 0 radical (unpaired) electrons. The maximum atomic E-state index is 11.9. The molecule has 1 aromatic heterocycles. The van der Waals surface area contributed by atoms with Gasteiger partial charge in [0.2, 0.25) is 0 Å². The molecule has 106 valence electrons. The van der Waals surface area contributed by atoms with Crippen LogP contribution in [0.25, 0.3) is 0 Å². The molecule has 1 aromatic rings. The molecule has 2 amide bonds. The predicted octanol–water partition coefficient (Wildman–Crippen LogP) is 1.48. The van der Waals surface area contributed by atoms with Crippen LogP contribution in [0.2, 0.25) is 0 Å². The molecule has 0 aliphatic heterocycles. The largest absolute Gasteiger partial charge is 0.480 e. The van der Waals surface area contributed by atoms with Gasteiger partial charge >= 0.3 is 12.0 Å². The Kier molecular flexibility index (Phi) is 4.52. The molecule has 7 nitrogen and oxygen atoms in total. The first-order chi connectivity index (χ1) is 8.67. The summed E-state index contributed by atoms with van der Waals surface area (Å²) in [6, 6.07) is -0.246. The summed E-state index contributed by atoms with van der Waals surface area (Å²) in [5.41, 5.74) is 0.492. The van der Waals surface area contributed by atoms with Crippen LogP contribution in [-0.4, -0.2) is 45.4 Å². The highest BCUT2D eigenvalue weighted by atomic mass is 16.4. The number of hydrogen-bond donors (Lipinski definition) is 2. The third-order valence-corrected chi connectivity index (χ3v) is 2.24. The van der Waals surface area contributed by atoms with E-state index in [0.29, 0.717) is 12.2 Å². The van der Waals surface area contributed by atoms with Crippen molar-refractivity contribution in [1.82, 2.24) is 14.7 Å². The van der Waals surface area contributed by atoms with Crippen LogP contribution in [0.5, 0.6) is 0 Å². The van der Waals surface area contributed by atoms with Gasteiger partial charge in [0.25, 0.3) is 0 Å². The van der Waals surface area contributed by atoms with Crippen LogP contribution in [0.4, 0.5) is 10.5 Å². The first kappa shape index (κ1) is 15.0. The summed E-state index contributed by atoms with van der Waals surface area (Å²) in [7, 11) is 1.71. The zero-order valence-corrected chi connectivity index (χ0v) is 11.7. The molecule has 0 bridgehead atoms. The lowest BCUT2D eigenvalue weighted by Crippen LogP contribution is -2.37. The van der Waals surface area contributed by atoms with Gasteiger partial charge in [-0.1, -0.05) is 20.8 Å². The summed E-state index contributed by atoms with van der Waals surface area (Å²) < 4.78 is 1.25. The van der Waals surface area contributed by atoms with Crippen LogP contribution in [0.1, 0.15) is 20.8 Å². The molecule has 0 spiro atoms. The Morgan fingerprint density at radius 3 is 2.63 bits per heavy atom. The van der Waals surface area contributed by atoms with Gasteiger partial charge in [-0.2, -0.15) is 5.10 Å². The molecule has 7 heteroatoms. The Bertz CT molecular complexity index is 462. The number of nitrogens with one attached hydrogen (secondary N) is 1. The lowest BCUT2D eigenvalue weighted by Gasteiger charge is -2.26. The zero-order valence-electron chi connectivity index (χ0n) is 11.7. The van der Waals surface area contributed by atoms with Crippen molar-refractivity contribution in [2.45, 2.75) is 27.3 Å². The van der Waals surface area contributed by atoms with Crippen molar-refractivity contribution in [2.24, 2.45) is 5.41 Å². The van der Waals surface area contributed by atoms with Crippen molar-refractivity contribution < 1.29 is 14.7 Å². The lowest BCUT2D eigenvalue weighted by atomic mass is 9.96. The minimum atomic E-state index is -0.981. The van der Waals surface area contributed by atoms with Crippen molar-refractivity contribution in [2.75, 3.05) is 18.9 Å². The minimum absolute atomic E-state index is 0.0135. The van der Waals surface area contributed by atoms with E-state index in [1.54, 1.807) is 11.9 Å². The van der Waals surface area contributed by atoms with Gasteiger partial charge in [-0.15, -0.1) is 0 Å². The number of carboxylic acid groups (broad SMARTS) is 1. The van der Waals surface area contributed by atoms with Gasteiger partial charge in [0.05, 0.1) is 11.9 Å². The number of carboxylic acids is 1. The first-order valence-electron chi connectivity index (χ1n) is 5.94. The Morgan fingerprint density at radius 1 is 1.47 bits per heavy atom. The van der Waals surface area contributed by atoms with Crippen molar-refractivity contribution in [1.29, 1.82) is 0 Å². The van der Waals surface area contributed by atoms with E-state index in [0.717, 1.165) is 0 Å². The number of rotatable bonds is 4. The second-order valence-electron chi connectivity index (χ2n) is 5.67. The molecule has 0 aliphatic carbocycles. The lowest BCUT2D eigenvalue weighted by molar-refractivity contribution is -0.137. The fourth-order valence-corrected chi connectivity index (χ4v) is 1.66. The first-order valence-corrected chi connectivity index (χ1v) is 5.94. The summed E-state index contributed by atoms with van der Waals surface area (Å²) in [5, 5.41) is 15.1. The quantitative estimate of drug-likeness (QED) is 0.865. The van der Waals surface area contributed by atoms with Gasteiger partial charge in [-0.3, -0.25) is 9.48 Å². The van der Waals surface area contributed by atoms with Crippen LogP contribution in [0.3, 0.4) is 0 Å². The number of carbonyl (C=O) groups excluding carboxylic acids is 1. The molecule has 0 saturated heterocycles. The third-order valence-electron chi connectivity index (χ3n) is 2.24. The number of amides is 2. The highest BCUT2D eigenvalue weighted by Gasteiger charge is 2.18. The maximum absolute atomic E-state index is 11.9. The number of carbonyl (C=O) groups is 2. The fourth-order valence-electron chi connectivity index (χ4n) is 1.66. The normalized spacial score (nSPS) is 11.2. The van der Waals surface area contributed by atoms with Crippen molar-refractivity contribution in [3.63, 3.8) is 0 Å². The number of hydrogen-bond acceptors (Lipinski definition) is 3. The topological polar surface area (TPSA) is 87.5 Å². The van der Waals surface area contributed by atoms with Crippen LogP contribution in [0.15, 0.2) is 12.4 Å². The van der Waals surface area contributed by atoms with Crippen molar-refractivity contribution in [3.8, 4) is 0 Å². The minimum Gasteiger partial charge on any atom is -0.480 e. The molecule has 0 fully saturated rings. The second-order valence-corrected chi connectivity index (χ2v) is 5.67. The molecule has 1 rings (SSSR count). The third kappa shape index (κ3) is 5.41. The molecule has 0 atom stereocenters. The Morgan fingerprint density at radius 2 is 2.11 bits per heavy atom. The van der Waals surface area contributed by atoms with Crippen molar-refractivity contribution >= 4 is 17.7 Å². The molecule has 0 saturated carbocycles. The monoisotopic (exact) mass is 268 g/mol. The van der Waals surface area contributed by atoms with E-state index >= 15 is 0 Å². The SMILES string of the molecule is CN(CC(C)(C)C)C(=O)Nc1cnn(CC(=O)O)c1. The molecule has 0 aromatic carbocycles. The number of aromatic nitrogens is 2. The van der Waals surface area contributed by atoms with Gasteiger partial charge < -0.3 is 15.3 Å². The second kappa shape index (κ2) is 5.73. The Labute approximate surface area is 112 Å². The van der Waals surface area contributed by atoms with Gasteiger partial charge in [0.1, 0.15) is 6.54 Å². The van der Waals surface area contributed by atoms with Crippen LogP contribution < -0.4 is 5.32 Å². The summed E-state index contributed by atoms with van der Waals surface area (Å²) in [6.07, 6.45) is 2.91. The van der Waals surface area contributed by atoms with Gasteiger partial charge in [-0.05, 0) is 5.41 Å². The van der Waals surface area contributed by atoms with Crippen LogP contribution in [-0.2, 0) is 11.3 Å². The number of urea groups is 1. The Hall–Kier alpha value is -2.05. The molecule has 0 aliphatic rings. The van der Waals surface area contributed by atoms with E-state index in [1.165, 1.54) is 17.1 Å². The molecular weight excluding hydrogens is 248 g/mol. The van der Waals surface area contributed by atoms with E-state index in [-0.39, 0.29) is 18.0 Å². The summed E-state index contributed by atoms with van der Waals surface area (Å²) in [6.45, 7) is 6.51. The standard InChI is InChI=1S/C12H20N4O3/c1-12(2,3)8-15(4)11(19)14-9-5-13-16(6-9)7-10(17)18/h5-6H,7-8H2,1-4H3,(H,14,19)(H,17,18). The van der Waals surface area contributed by atoms with E-state index < -0.39 is 5.97 Å². The van der Waals surface area contributed by atoms with Gasteiger partial charge in [-0.25, -0.2) is 4.79 Å². The molecule has 2 N–H and O–H groups in total. The summed E-state index contributed by atoms with van der Waals surface area (Å²) in [5.74, 6) is -0.981. The molecular formula is C12H20N4O3. The number of aliphatic carboxylic acids is 1. The molecule has 0 unspecified atom stereocenters. The summed E-state index contributed by atoms with van der Waals surface area (Å²) >= 11 is 0. The Balaban J connectivity index is 2.57. The fraction of sp³-hybridized carbons (Fsp3) is 0.583. The number of anilines is 1. The average Bonchev–Trinajstić information content (AvgIpc) is 2.61. The highest BCUT2D eigenvalue weighted by molar-refractivity contribution is 5.88. The van der Waals surface area contributed by atoms with E-state index in [1.807, 2.05) is 20.8 Å². The summed E-state index contributed by atoms with van der Waals surface area (Å²) in [4.78, 5) is 24.0. The molecule has 1 heterocycles. The zero-order chi connectivity index (χ0) is 14.6. The van der Waals surface area contributed by atoms with E-state index in [9.17, 15) is 9.59 Å². The predicted molar refractivity (Wildman–Crippen MR) is 71.0 cm³/mol. The number of nitrogens with zero attached hydrogens (tertiary/aromatic N) is 3. The van der Waals surface area contributed by atoms with Crippen molar-refractivity contribution in [3.05, 3.63) is 12.4 Å². The van der Waals surface area contributed by atoms with E-state index in [2.05, 4.69) is 10.4 Å². The average molecular weight is 268 g/mol. The van der Waals surface area contributed by atoms with Crippen LogP contribution >= 0.6 is 0 Å². The van der Waals surface area contributed by atoms with Crippen LogP contribution in [0, 0.1) is 5.41 Å². The van der Waals surface area contributed by atoms with Gasteiger partial charge in [0.15, 0.2) is 0 Å². The smallest absolute Gasteiger partial charge is 0.325 e.